The van der Waals surface area contributed by atoms with E-state index in [1.54, 1.807) is 16.3 Å². The Morgan fingerprint density at radius 2 is 2.22 bits per heavy atom. The van der Waals surface area contributed by atoms with Gasteiger partial charge in [-0.2, -0.15) is 0 Å². The Kier molecular flexibility index (Phi) is 2.56. The number of hydrogen-bond acceptors (Lipinski definition) is 4. The fourth-order valence-corrected chi connectivity index (χ4v) is 2.50. The van der Waals surface area contributed by atoms with Crippen LogP contribution in [0.5, 0.6) is 0 Å². The van der Waals surface area contributed by atoms with Crippen LogP contribution in [-0.2, 0) is 11.3 Å². The maximum atomic E-state index is 11.0. The number of para-hydroxylation sites is 2. The molecule has 1 N–H and O–H groups in total. The van der Waals surface area contributed by atoms with Gasteiger partial charge in [0.2, 0.25) is 0 Å². The number of benzene rings is 1. The van der Waals surface area contributed by atoms with Crippen LogP contribution in [0, 0.1) is 0 Å². The highest BCUT2D eigenvalue weighted by Gasteiger charge is 2.15. The second-order valence-corrected chi connectivity index (χ2v) is 4.66. The number of carboxylic acids is 1. The van der Waals surface area contributed by atoms with Crippen molar-refractivity contribution in [2.24, 2.45) is 0 Å². The van der Waals surface area contributed by atoms with Crippen LogP contribution in [0.1, 0.15) is 0 Å². The van der Waals surface area contributed by atoms with Crippen LogP contribution in [0.15, 0.2) is 36.0 Å². The lowest BCUT2D eigenvalue weighted by Crippen LogP contribution is -2.09. The van der Waals surface area contributed by atoms with Crippen LogP contribution in [-0.4, -0.2) is 25.6 Å². The molecule has 18 heavy (non-hydrogen) atoms. The molecule has 0 unspecified atom stereocenters. The highest BCUT2D eigenvalue weighted by atomic mass is 32.1. The number of carbonyl (C=O) groups is 1. The second-order valence-electron chi connectivity index (χ2n) is 3.77. The van der Waals surface area contributed by atoms with E-state index in [0.717, 1.165) is 15.9 Å². The van der Waals surface area contributed by atoms with Crippen LogP contribution in [0.4, 0.5) is 0 Å². The maximum absolute atomic E-state index is 11.0. The van der Waals surface area contributed by atoms with Crippen LogP contribution in [0.25, 0.3) is 21.7 Å². The molecule has 5 nitrogen and oxygen atoms in total. The van der Waals surface area contributed by atoms with Gasteiger partial charge in [0.25, 0.3) is 0 Å². The summed E-state index contributed by atoms with van der Waals surface area (Å²) in [5.41, 5.74) is 3.32. The Labute approximate surface area is 106 Å². The third kappa shape index (κ3) is 1.76. The molecule has 0 saturated carbocycles. The zero-order chi connectivity index (χ0) is 12.5. The molecule has 0 bridgehead atoms. The molecule has 0 radical (unpaired) electrons. The number of carboxylic acid groups (broad SMARTS) is 1. The number of imidazole rings is 1. The van der Waals surface area contributed by atoms with Gasteiger partial charge in [0.15, 0.2) is 5.82 Å². The van der Waals surface area contributed by atoms with Crippen molar-refractivity contribution >= 4 is 28.3 Å². The molecular formula is C12H9N3O2S. The van der Waals surface area contributed by atoms with Crippen LogP contribution in [0.2, 0.25) is 0 Å². The van der Waals surface area contributed by atoms with E-state index in [2.05, 4.69) is 9.97 Å². The largest absolute Gasteiger partial charge is 0.480 e. The Morgan fingerprint density at radius 3 is 2.94 bits per heavy atom. The van der Waals surface area contributed by atoms with Crippen molar-refractivity contribution in [1.82, 2.24) is 14.5 Å². The van der Waals surface area contributed by atoms with E-state index in [1.807, 2.05) is 24.3 Å². The number of hydrogen-bond donors (Lipinski definition) is 1. The van der Waals surface area contributed by atoms with E-state index in [1.165, 1.54) is 11.3 Å². The summed E-state index contributed by atoms with van der Waals surface area (Å²) in [5.74, 6) is -0.231. The first-order valence-electron chi connectivity index (χ1n) is 5.31. The lowest BCUT2D eigenvalue weighted by Gasteiger charge is -2.03. The van der Waals surface area contributed by atoms with Crippen molar-refractivity contribution in [2.75, 3.05) is 0 Å². The lowest BCUT2D eigenvalue weighted by molar-refractivity contribution is -0.137. The van der Waals surface area contributed by atoms with Gasteiger partial charge in [-0.15, -0.1) is 11.3 Å². The van der Waals surface area contributed by atoms with E-state index < -0.39 is 5.97 Å². The Balaban J connectivity index is 2.26. The molecule has 1 aromatic carbocycles. The summed E-state index contributed by atoms with van der Waals surface area (Å²) in [6.07, 6.45) is 1.70. The summed E-state index contributed by atoms with van der Waals surface area (Å²) in [4.78, 5) is 20.3. The van der Waals surface area contributed by atoms with Crippen molar-refractivity contribution in [3.8, 4) is 10.7 Å². The molecule has 0 atom stereocenters. The van der Waals surface area contributed by atoms with E-state index in [0.29, 0.717) is 5.82 Å². The maximum Gasteiger partial charge on any atom is 0.323 e. The average Bonchev–Trinajstić information content (AvgIpc) is 2.96. The van der Waals surface area contributed by atoms with Gasteiger partial charge in [0, 0.05) is 6.20 Å². The molecule has 0 spiro atoms. The lowest BCUT2D eigenvalue weighted by atomic mass is 10.3. The zero-order valence-corrected chi connectivity index (χ0v) is 10.1. The Bertz CT molecular complexity index is 703. The molecular weight excluding hydrogens is 250 g/mol. The summed E-state index contributed by atoms with van der Waals surface area (Å²) < 4.78 is 1.70. The van der Waals surface area contributed by atoms with E-state index in [4.69, 9.17) is 5.11 Å². The van der Waals surface area contributed by atoms with E-state index >= 15 is 0 Å². The Hall–Kier alpha value is -2.21. The van der Waals surface area contributed by atoms with Gasteiger partial charge in [-0.05, 0) is 12.1 Å². The van der Waals surface area contributed by atoms with Crippen molar-refractivity contribution in [3.05, 3.63) is 36.0 Å². The number of rotatable bonds is 3. The van der Waals surface area contributed by atoms with E-state index in [9.17, 15) is 4.79 Å². The van der Waals surface area contributed by atoms with Crippen molar-refractivity contribution in [1.29, 1.82) is 0 Å². The molecule has 3 aromatic rings. The third-order valence-corrected chi connectivity index (χ3v) is 3.37. The van der Waals surface area contributed by atoms with Crippen molar-refractivity contribution in [2.45, 2.75) is 6.54 Å². The molecule has 0 aliphatic rings. The predicted octanol–water partition coefficient (Wildman–Crippen LogP) is 2.24. The normalized spacial score (nSPS) is 10.9. The van der Waals surface area contributed by atoms with Crippen LogP contribution >= 0.6 is 11.3 Å². The van der Waals surface area contributed by atoms with Gasteiger partial charge < -0.3 is 9.67 Å². The minimum absolute atomic E-state index is 0.103. The highest BCUT2D eigenvalue weighted by molar-refractivity contribution is 7.13. The summed E-state index contributed by atoms with van der Waals surface area (Å²) in [6.45, 7) is -0.103. The molecule has 0 saturated heterocycles. The first-order valence-corrected chi connectivity index (χ1v) is 6.19. The SMILES string of the molecule is O=C(O)Cn1c(-c2cncs2)nc2ccccc21. The quantitative estimate of drug-likeness (QED) is 0.783. The highest BCUT2D eigenvalue weighted by Crippen LogP contribution is 2.26. The topological polar surface area (TPSA) is 68.0 Å². The molecule has 0 aliphatic heterocycles. The van der Waals surface area contributed by atoms with Gasteiger partial charge in [0.05, 0.1) is 21.4 Å². The third-order valence-electron chi connectivity index (χ3n) is 2.60. The summed E-state index contributed by atoms with van der Waals surface area (Å²) >= 11 is 1.45. The van der Waals surface area contributed by atoms with E-state index in [-0.39, 0.29) is 6.54 Å². The zero-order valence-electron chi connectivity index (χ0n) is 9.28. The minimum Gasteiger partial charge on any atom is -0.480 e. The standard InChI is InChI=1S/C12H9N3O2S/c16-11(17)6-15-9-4-2-1-3-8(9)14-12(15)10-5-13-7-18-10/h1-5,7H,6H2,(H,16,17). The molecule has 6 heteroatoms. The fraction of sp³-hybridized carbons (Fsp3) is 0.0833. The smallest absolute Gasteiger partial charge is 0.323 e. The van der Waals surface area contributed by atoms with Gasteiger partial charge >= 0.3 is 5.97 Å². The van der Waals surface area contributed by atoms with Gasteiger partial charge in [-0.25, -0.2) is 4.98 Å². The number of thiazole rings is 1. The van der Waals surface area contributed by atoms with Gasteiger partial charge in [0.1, 0.15) is 6.54 Å². The number of fused-ring (bicyclic) bond motifs is 1. The van der Waals surface area contributed by atoms with Gasteiger partial charge in [-0.1, -0.05) is 12.1 Å². The predicted molar refractivity (Wildman–Crippen MR) is 68.5 cm³/mol. The van der Waals surface area contributed by atoms with Crippen LogP contribution in [0.3, 0.4) is 0 Å². The second kappa shape index (κ2) is 4.23. The monoisotopic (exact) mass is 259 g/mol. The molecule has 0 aliphatic carbocycles. The first kappa shape index (κ1) is 10.9. The fourth-order valence-electron chi connectivity index (χ4n) is 1.89. The van der Waals surface area contributed by atoms with Crippen molar-refractivity contribution in [3.63, 3.8) is 0 Å². The summed E-state index contributed by atoms with van der Waals surface area (Å²) in [6, 6.07) is 7.50. The molecule has 2 heterocycles. The molecule has 3 rings (SSSR count). The number of aromatic nitrogens is 3. The van der Waals surface area contributed by atoms with Crippen LogP contribution < -0.4 is 0 Å². The van der Waals surface area contributed by atoms with Gasteiger partial charge in [-0.3, -0.25) is 9.78 Å². The molecule has 0 amide bonds. The Morgan fingerprint density at radius 1 is 1.39 bits per heavy atom. The number of aliphatic carboxylic acids is 1. The molecule has 90 valence electrons. The summed E-state index contributed by atoms with van der Waals surface area (Å²) in [5, 5.41) is 9.01. The minimum atomic E-state index is -0.885. The molecule has 2 aromatic heterocycles. The molecule has 0 fully saturated rings. The summed E-state index contributed by atoms with van der Waals surface area (Å²) in [7, 11) is 0. The van der Waals surface area contributed by atoms with Crippen molar-refractivity contribution < 1.29 is 9.90 Å². The first-order chi connectivity index (χ1) is 8.75. The average molecular weight is 259 g/mol. The number of nitrogens with zero attached hydrogens (tertiary/aromatic N) is 3.